The van der Waals surface area contributed by atoms with Crippen molar-refractivity contribution in [2.75, 3.05) is 5.73 Å². The lowest BCUT2D eigenvalue weighted by Crippen LogP contribution is -2.10. The normalized spacial score (nSPS) is 12.5. The molecule has 0 radical (unpaired) electrons. The number of anilines is 1. The van der Waals surface area contributed by atoms with Gasteiger partial charge in [0.1, 0.15) is 0 Å². The number of carbonyl (C=O) groups excluding carboxylic acids is 1. The molecular weight excluding hydrogens is 298 g/mol. The molecule has 0 aliphatic rings. The fraction of sp³-hybridized carbons (Fsp3) is 0.222. The van der Waals surface area contributed by atoms with Gasteiger partial charge in [0.05, 0.1) is 4.83 Å². The zero-order valence-electron chi connectivity index (χ0n) is 7.05. The Bertz CT molecular complexity index is 316. The van der Waals surface area contributed by atoms with Crippen LogP contribution >= 0.6 is 31.9 Å². The molecule has 0 aliphatic carbocycles. The van der Waals surface area contributed by atoms with Crippen molar-refractivity contribution in [2.24, 2.45) is 0 Å². The molecule has 1 unspecified atom stereocenters. The van der Waals surface area contributed by atoms with Crippen LogP contribution in [0.1, 0.15) is 17.3 Å². The van der Waals surface area contributed by atoms with E-state index in [1.165, 1.54) is 0 Å². The fourth-order valence-corrected chi connectivity index (χ4v) is 1.76. The summed E-state index contributed by atoms with van der Waals surface area (Å²) in [6, 6.07) is 5.19. The van der Waals surface area contributed by atoms with E-state index in [0.29, 0.717) is 11.3 Å². The summed E-state index contributed by atoms with van der Waals surface area (Å²) in [5.74, 6) is 0.0352. The minimum Gasteiger partial charge on any atom is -0.399 e. The lowest BCUT2D eigenvalue weighted by molar-refractivity contribution is 0.0996. The highest BCUT2D eigenvalue weighted by atomic mass is 79.9. The van der Waals surface area contributed by atoms with Gasteiger partial charge in [0, 0.05) is 15.7 Å². The average molecular weight is 307 g/mol. The van der Waals surface area contributed by atoms with Crippen LogP contribution in [0.25, 0.3) is 0 Å². The molecule has 0 heterocycles. The second kappa shape index (κ2) is 4.24. The number of halogens is 2. The lowest BCUT2D eigenvalue weighted by atomic mass is 10.1. The second-order valence-electron chi connectivity index (χ2n) is 2.75. The topological polar surface area (TPSA) is 43.1 Å². The number of ketones is 1. The molecule has 0 saturated heterocycles. The highest BCUT2D eigenvalue weighted by Gasteiger charge is 2.12. The first-order valence-electron chi connectivity index (χ1n) is 3.75. The van der Waals surface area contributed by atoms with Crippen molar-refractivity contribution in [2.45, 2.75) is 11.8 Å². The van der Waals surface area contributed by atoms with Crippen LogP contribution < -0.4 is 5.73 Å². The third-order valence-corrected chi connectivity index (χ3v) is 2.44. The maximum Gasteiger partial charge on any atom is 0.176 e. The van der Waals surface area contributed by atoms with Crippen molar-refractivity contribution in [1.29, 1.82) is 0 Å². The SMILES string of the molecule is CC(Br)C(=O)c1cc(N)cc(Br)c1. The lowest BCUT2D eigenvalue weighted by Gasteiger charge is -2.04. The molecule has 0 saturated carbocycles. The van der Waals surface area contributed by atoms with E-state index in [2.05, 4.69) is 31.9 Å². The van der Waals surface area contributed by atoms with E-state index in [4.69, 9.17) is 5.73 Å². The van der Waals surface area contributed by atoms with Gasteiger partial charge in [-0.05, 0) is 25.1 Å². The van der Waals surface area contributed by atoms with E-state index in [-0.39, 0.29) is 10.6 Å². The maximum absolute atomic E-state index is 11.5. The molecule has 1 atom stereocenters. The highest BCUT2D eigenvalue weighted by molar-refractivity contribution is 9.10. The van der Waals surface area contributed by atoms with Crippen LogP contribution in [0, 0.1) is 0 Å². The van der Waals surface area contributed by atoms with Crippen LogP contribution in [0.15, 0.2) is 22.7 Å². The molecule has 0 bridgehead atoms. The number of carbonyl (C=O) groups is 1. The third-order valence-electron chi connectivity index (χ3n) is 1.57. The predicted octanol–water partition coefficient (Wildman–Crippen LogP) is 3.00. The number of Topliss-reactive ketones (excluding diaryl/α,β-unsaturated/α-hetero) is 1. The van der Waals surface area contributed by atoms with Gasteiger partial charge >= 0.3 is 0 Å². The molecule has 1 rings (SSSR count). The molecule has 0 fully saturated rings. The van der Waals surface area contributed by atoms with E-state index in [0.717, 1.165) is 4.47 Å². The molecule has 0 amide bonds. The summed E-state index contributed by atoms with van der Waals surface area (Å²) in [6.45, 7) is 1.79. The van der Waals surface area contributed by atoms with Gasteiger partial charge < -0.3 is 5.73 Å². The minimum atomic E-state index is -0.179. The zero-order chi connectivity index (χ0) is 10.0. The molecule has 2 nitrogen and oxygen atoms in total. The number of nitrogen functional groups attached to an aromatic ring is 1. The molecule has 70 valence electrons. The van der Waals surface area contributed by atoms with Crippen LogP contribution in [0.4, 0.5) is 5.69 Å². The summed E-state index contributed by atoms with van der Waals surface area (Å²) in [7, 11) is 0. The summed E-state index contributed by atoms with van der Waals surface area (Å²) >= 11 is 6.50. The number of nitrogens with two attached hydrogens (primary N) is 1. The van der Waals surface area contributed by atoms with Crippen LogP contribution in [0.2, 0.25) is 0 Å². The van der Waals surface area contributed by atoms with Crippen LogP contribution in [-0.4, -0.2) is 10.6 Å². The molecule has 0 aromatic heterocycles. The van der Waals surface area contributed by atoms with Crippen LogP contribution in [0.5, 0.6) is 0 Å². The first kappa shape index (κ1) is 10.7. The van der Waals surface area contributed by atoms with Gasteiger partial charge in [0.25, 0.3) is 0 Å². The predicted molar refractivity (Wildman–Crippen MR) is 61.3 cm³/mol. The van der Waals surface area contributed by atoms with Crippen molar-refractivity contribution in [3.8, 4) is 0 Å². The van der Waals surface area contributed by atoms with E-state index in [9.17, 15) is 4.79 Å². The Hall–Kier alpha value is -0.350. The first-order valence-corrected chi connectivity index (χ1v) is 5.46. The summed E-state index contributed by atoms with van der Waals surface area (Å²) in [5, 5.41) is 0. The number of benzene rings is 1. The van der Waals surface area contributed by atoms with Gasteiger partial charge in [-0.2, -0.15) is 0 Å². The summed E-state index contributed by atoms with van der Waals surface area (Å²) in [6.07, 6.45) is 0. The Morgan fingerprint density at radius 3 is 2.54 bits per heavy atom. The molecule has 0 spiro atoms. The van der Waals surface area contributed by atoms with Gasteiger partial charge in [0.15, 0.2) is 5.78 Å². The van der Waals surface area contributed by atoms with E-state index in [1.54, 1.807) is 25.1 Å². The van der Waals surface area contributed by atoms with E-state index in [1.807, 2.05) is 0 Å². The molecule has 1 aromatic rings. The number of hydrogen-bond donors (Lipinski definition) is 1. The highest BCUT2D eigenvalue weighted by Crippen LogP contribution is 2.19. The Morgan fingerprint density at radius 2 is 2.08 bits per heavy atom. The minimum absolute atomic E-state index is 0.0352. The van der Waals surface area contributed by atoms with Crippen LogP contribution in [0.3, 0.4) is 0 Å². The zero-order valence-corrected chi connectivity index (χ0v) is 10.2. The number of rotatable bonds is 2. The van der Waals surface area contributed by atoms with Crippen molar-refractivity contribution in [1.82, 2.24) is 0 Å². The molecule has 0 aliphatic heterocycles. The Morgan fingerprint density at radius 1 is 1.46 bits per heavy atom. The van der Waals surface area contributed by atoms with Gasteiger partial charge in [0.2, 0.25) is 0 Å². The Balaban J connectivity index is 3.08. The van der Waals surface area contributed by atoms with Gasteiger partial charge in [-0.25, -0.2) is 0 Å². The number of alkyl halides is 1. The number of hydrogen-bond acceptors (Lipinski definition) is 2. The average Bonchev–Trinajstić information content (AvgIpc) is 2.01. The standard InChI is InChI=1S/C9H9Br2NO/c1-5(10)9(13)6-2-7(11)4-8(12)3-6/h2-5H,12H2,1H3. The second-order valence-corrected chi connectivity index (χ2v) is 5.04. The molecular formula is C9H9Br2NO. The van der Waals surface area contributed by atoms with Crippen LogP contribution in [-0.2, 0) is 0 Å². The molecule has 2 N–H and O–H groups in total. The van der Waals surface area contributed by atoms with Gasteiger partial charge in [-0.1, -0.05) is 31.9 Å². The molecule has 13 heavy (non-hydrogen) atoms. The van der Waals surface area contributed by atoms with E-state index < -0.39 is 0 Å². The monoisotopic (exact) mass is 305 g/mol. The van der Waals surface area contributed by atoms with Crippen molar-refractivity contribution in [3.05, 3.63) is 28.2 Å². The summed E-state index contributed by atoms with van der Waals surface area (Å²) in [4.78, 5) is 11.3. The van der Waals surface area contributed by atoms with Crippen molar-refractivity contribution < 1.29 is 4.79 Å². The Kier molecular flexibility index (Phi) is 3.50. The quantitative estimate of drug-likeness (QED) is 0.518. The molecule has 1 aromatic carbocycles. The fourth-order valence-electron chi connectivity index (χ4n) is 0.984. The van der Waals surface area contributed by atoms with Gasteiger partial charge in [-0.3, -0.25) is 4.79 Å². The van der Waals surface area contributed by atoms with Crippen molar-refractivity contribution in [3.63, 3.8) is 0 Å². The summed E-state index contributed by atoms with van der Waals surface area (Å²) < 4.78 is 0.823. The van der Waals surface area contributed by atoms with E-state index >= 15 is 0 Å². The smallest absolute Gasteiger partial charge is 0.176 e. The molecule has 4 heteroatoms. The first-order chi connectivity index (χ1) is 6.00. The third kappa shape index (κ3) is 2.81. The Labute approximate surface area is 93.8 Å². The maximum atomic E-state index is 11.5. The van der Waals surface area contributed by atoms with Crippen molar-refractivity contribution >= 4 is 43.3 Å². The van der Waals surface area contributed by atoms with Gasteiger partial charge in [-0.15, -0.1) is 0 Å². The summed E-state index contributed by atoms with van der Waals surface area (Å²) in [5.41, 5.74) is 6.81. The largest absolute Gasteiger partial charge is 0.399 e.